The quantitative estimate of drug-likeness (QED) is 0.243. The highest BCUT2D eigenvalue weighted by molar-refractivity contribution is 14.1. The van der Waals surface area contributed by atoms with Crippen LogP contribution < -0.4 is 10.2 Å². The van der Waals surface area contributed by atoms with Crippen LogP contribution in [0.3, 0.4) is 0 Å². The zero-order chi connectivity index (χ0) is 17.4. The summed E-state index contributed by atoms with van der Waals surface area (Å²) >= 11 is 4.44. The standard InChI is InChI=1S/C16H19I2N3O3/c1-2-5-24-16-13(17)8-12(9-14(16)18)10-19-20-15(22)11-21-3-6-23-7-4-21/h2,8-10H,1,3-7,11H2,(H,20,22)/b19-10+. The maximum atomic E-state index is 11.9. The number of carbonyl (C=O) groups excluding carboxylic acids is 1. The maximum Gasteiger partial charge on any atom is 0.254 e. The van der Waals surface area contributed by atoms with Gasteiger partial charge in [-0.1, -0.05) is 12.7 Å². The first-order valence-electron chi connectivity index (χ1n) is 7.45. The molecule has 0 atom stereocenters. The molecule has 1 saturated heterocycles. The molecule has 8 heteroatoms. The highest BCUT2D eigenvalue weighted by atomic mass is 127. The van der Waals surface area contributed by atoms with E-state index in [9.17, 15) is 4.79 Å². The third kappa shape index (κ3) is 6.30. The number of ether oxygens (including phenoxy) is 2. The first-order valence-corrected chi connectivity index (χ1v) is 9.60. The van der Waals surface area contributed by atoms with E-state index in [0.29, 0.717) is 26.4 Å². The van der Waals surface area contributed by atoms with Crippen LogP contribution in [0.5, 0.6) is 5.75 Å². The van der Waals surface area contributed by atoms with Crippen molar-refractivity contribution in [1.29, 1.82) is 0 Å². The van der Waals surface area contributed by atoms with E-state index in [0.717, 1.165) is 31.5 Å². The molecule has 0 spiro atoms. The average Bonchev–Trinajstić information content (AvgIpc) is 2.55. The number of halogens is 2. The van der Waals surface area contributed by atoms with Crippen molar-refractivity contribution in [1.82, 2.24) is 10.3 Å². The van der Waals surface area contributed by atoms with Crippen molar-refractivity contribution in [3.63, 3.8) is 0 Å². The number of rotatable bonds is 7. The van der Waals surface area contributed by atoms with Gasteiger partial charge in [0.15, 0.2) is 0 Å². The van der Waals surface area contributed by atoms with Crippen LogP contribution in [0.25, 0.3) is 0 Å². The van der Waals surface area contributed by atoms with E-state index in [2.05, 4.69) is 62.3 Å². The molecular formula is C16H19I2N3O3. The van der Waals surface area contributed by atoms with Crippen LogP contribution in [0.2, 0.25) is 0 Å². The first-order chi connectivity index (χ1) is 11.6. The molecule has 1 aromatic rings. The molecule has 6 nitrogen and oxygen atoms in total. The summed E-state index contributed by atoms with van der Waals surface area (Å²) in [7, 11) is 0. The molecule has 24 heavy (non-hydrogen) atoms. The van der Waals surface area contributed by atoms with E-state index in [1.807, 2.05) is 17.0 Å². The molecule has 1 N–H and O–H groups in total. The fourth-order valence-electron chi connectivity index (χ4n) is 2.11. The largest absolute Gasteiger partial charge is 0.487 e. The van der Waals surface area contributed by atoms with Crippen LogP contribution in [-0.4, -0.2) is 56.5 Å². The fraction of sp³-hybridized carbons (Fsp3) is 0.375. The predicted molar refractivity (Wildman–Crippen MR) is 111 cm³/mol. The van der Waals surface area contributed by atoms with Crippen LogP contribution in [-0.2, 0) is 9.53 Å². The second-order valence-corrected chi connectivity index (χ2v) is 7.42. The van der Waals surface area contributed by atoms with E-state index >= 15 is 0 Å². The molecule has 1 amide bonds. The first kappa shape index (κ1) is 19.6. The zero-order valence-corrected chi connectivity index (χ0v) is 17.4. The Kier molecular flexibility index (Phi) is 8.42. The van der Waals surface area contributed by atoms with Crippen molar-refractivity contribution in [3.05, 3.63) is 37.5 Å². The lowest BCUT2D eigenvalue weighted by Gasteiger charge is -2.25. The minimum atomic E-state index is -0.122. The Balaban J connectivity index is 1.89. The summed E-state index contributed by atoms with van der Waals surface area (Å²) in [6, 6.07) is 3.91. The van der Waals surface area contributed by atoms with Gasteiger partial charge in [0.25, 0.3) is 5.91 Å². The van der Waals surface area contributed by atoms with Gasteiger partial charge in [-0.25, -0.2) is 5.43 Å². The van der Waals surface area contributed by atoms with Crippen molar-refractivity contribution in [2.24, 2.45) is 5.10 Å². The van der Waals surface area contributed by atoms with Crippen LogP contribution in [0.15, 0.2) is 29.9 Å². The van der Waals surface area contributed by atoms with Crippen LogP contribution >= 0.6 is 45.2 Å². The third-order valence-corrected chi connectivity index (χ3v) is 4.84. The summed E-state index contributed by atoms with van der Waals surface area (Å²) in [5, 5.41) is 4.03. The Morgan fingerprint density at radius 3 is 2.67 bits per heavy atom. The number of hydrogen-bond donors (Lipinski definition) is 1. The summed E-state index contributed by atoms with van der Waals surface area (Å²) in [6.45, 7) is 7.36. The average molecular weight is 555 g/mol. The number of nitrogens with zero attached hydrogens (tertiary/aromatic N) is 2. The lowest BCUT2D eigenvalue weighted by molar-refractivity contribution is -0.123. The molecule has 0 radical (unpaired) electrons. The van der Waals surface area contributed by atoms with Gasteiger partial charge in [-0.2, -0.15) is 5.10 Å². The number of hydrazone groups is 1. The summed E-state index contributed by atoms with van der Waals surface area (Å²) in [4.78, 5) is 13.9. The molecule has 0 unspecified atom stereocenters. The molecule has 1 heterocycles. The van der Waals surface area contributed by atoms with Crippen LogP contribution in [0, 0.1) is 7.14 Å². The highest BCUT2D eigenvalue weighted by Gasteiger charge is 2.13. The van der Waals surface area contributed by atoms with Crippen molar-refractivity contribution in [3.8, 4) is 5.75 Å². The zero-order valence-electron chi connectivity index (χ0n) is 13.1. The van der Waals surface area contributed by atoms with Gasteiger partial charge in [-0.15, -0.1) is 0 Å². The Hall–Kier alpha value is -0.720. The Bertz CT molecular complexity index is 594. The molecule has 0 bridgehead atoms. The molecule has 1 fully saturated rings. The second kappa shape index (κ2) is 10.3. The molecular weight excluding hydrogens is 536 g/mol. The topological polar surface area (TPSA) is 63.2 Å². The Morgan fingerprint density at radius 2 is 2.04 bits per heavy atom. The van der Waals surface area contributed by atoms with Gasteiger partial charge in [0, 0.05) is 13.1 Å². The van der Waals surface area contributed by atoms with E-state index in [4.69, 9.17) is 9.47 Å². The van der Waals surface area contributed by atoms with Gasteiger partial charge in [-0.3, -0.25) is 9.69 Å². The molecule has 0 aliphatic carbocycles. The number of hydrogen-bond acceptors (Lipinski definition) is 5. The van der Waals surface area contributed by atoms with E-state index in [-0.39, 0.29) is 5.91 Å². The van der Waals surface area contributed by atoms with Gasteiger partial charge in [0.05, 0.1) is 33.1 Å². The smallest absolute Gasteiger partial charge is 0.254 e. The minimum Gasteiger partial charge on any atom is -0.487 e. The van der Waals surface area contributed by atoms with Crippen LogP contribution in [0.1, 0.15) is 5.56 Å². The molecule has 2 rings (SSSR count). The Labute approximate surface area is 168 Å². The molecule has 1 aromatic carbocycles. The maximum absolute atomic E-state index is 11.9. The lowest BCUT2D eigenvalue weighted by Crippen LogP contribution is -2.42. The van der Waals surface area contributed by atoms with E-state index in [1.54, 1.807) is 12.3 Å². The minimum absolute atomic E-state index is 0.122. The SMILES string of the molecule is C=CCOc1c(I)cc(/C=N/NC(=O)CN2CCOCC2)cc1I. The summed E-state index contributed by atoms with van der Waals surface area (Å²) in [6.07, 6.45) is 3.35. The number of nitrogens with one attached hydrogen (secondary N) is 1. The monoisotopic (exact) mass is 555 g/mol. The van der Waals surface area contributed by atoms with Gasteiger partial charge in [-0.05, 0) is 62.9 Å². The summed E-state index contributed by atoms with van der Waals surface area (Å²) in [5.74, 6) is 0.716. The van der Waals surface area contributed by atoms with Gasteiger partial charge < -0.3 is 9.47 Å². The van der Waals surface area contributed by atoms with Crippen molar-refractivity contribution in [2.75, 3.05) is 39.5 Å². The van der Waals surface area contributed by atoms with Gasteiger partial charge in [0.1, 0.15) is 12.4 Å². The van der Waals surface area contributed by atoms with Crippen LogP contribution in [0.4, 0.5) is 0 Å². The molecule has 0 aromatic heterocycles. The van der Waals surface area contributed by atoms with Crippen molar-refractivity contribution >= 4 is 57.3 Å². The predicted octanol–water partition coefficient (Wildman–Crippen LogP) is 2.24. The van der Waals surface area contributed by atoms with Gasteiger partial charge in [0.2, 0.25) is 0 Å². The fourth-order valence-corrected chi connectivity index (χ4v) is 4.24. The normalized spacial score (nSPS) is 15.4. The van der Waals surface area contributed by atoms with E-state index in [1.165, 1.54) is 0 Å². The number of morpholine rings is 1. The number of carbonyl (C=O) groups is 1. The lowest BCUT2D eigenvalue weighted by atomic mass is 10.2. The van der Waals surface area contributed by atoms with E-state index < -0.39 is 0 Å². The molecule has 130 valence electrons. The molecule has 0 saturated carbocycles. The number of benzene rings is 1. The molecule has 1 aliphatic rings. The summed E-state index contributed by atoms with van der Waals surface area (Å²) < 4.78 is 12.9. The van der Waals surface area contributed by atoms with Gasteiger partial charge >= 0.3 is 0 Å². The summed E-state index contributed by atoms with van der Waals surface area (Å²) in [5.41, 5.74) is 3.47. The van der Waals surface area contributed by atoms with Crippen molar-refractivity contribution in [2.45, 2.75) is 0 Å². The Morgan fingerprint density at radius 1 is 1.38 bits per heavy atom. The molecule has 1 aliphatic heterocycles. The second-order valence-electron chi connectivity index (χ2n) is 5.10. The third-order valence-electron chi connectivity index (χ3n) is 3.24. The van der Waals surface area contributed by atoms with Crippen molar-refractivity contribution < 1.29 is 14.3 Å². The number of amides is 1. The highest BCUT2D eigenvalue weighted by Crippen LogP contribution is 2.28.